The van der Waals surface area contributed by atoms with E-state index in [9.17, 15) is 0 Å². The molecule has 0 radical (unpaired) electrons. The van der Waals surface area contributed by atoms with Crippen molar-refractivity contribution in [1.82, 2.24) is 0 Å². The van der Waals surface area contributed by atoms with Crippen LogP contribution in [0.3, 0.4) is 0 Å². The van der Waals surface area contributed by atoms with Gasteiger partial charge >= 0.3 is 0 Å². The Morgan fingerprint density at radius 3 is 3.27 bits per heavy atom. The van der Waals surface area contributed by atoms with E-state index in [-0.39, 0.29) is 12.2 Å². The SMILES string of the molecule is C1=C[C@@H]2OCOC[C@H]2OCC1. The molecule has 2 atom stereocenters. The van der Waals surface area contributed by atoms with Crippen LogP contribution >= 0.6 is 0 Å². The van der Waals surface area contributed by atoms with Crippen LogP contribution in [0.25, 0.3) is 0 Å². The van der Waals surface area contributed by atoms with Crippen LogP contribution in [0.1, 0.15) is 6.42 Å². The monoisotopic (exact) mass is 156 g/mol. The quantitative estimate of drug-likeness (QED) is 0.483. The van der Waals surface area contributed by atoms with E-state index < -0.39 is 0 Å². The summed E-state index contributed by atoms with van der Waals surface area (Å²) >= 11 is 0. The highest BCUT2D eigenvalue weighted by Gasteiger charge is 2.25. The van der Waals surface area contributed by atoms with Gasteiger partial charge in [-0.1, -0.05) is 12.2 Å². The van der Waals surface area contributed by atoms with Crippen LogP contribution in [-0.2, 0) is 14.2 Å². The van der Waals surface area contributed by atoms with Crippen LogP contribution in [0.15, 0.2) is 12.2 Å². The van der Waals surface area contributed by atoms with Gasteiger partial charge in [-0.3, -0.25) is 0 Å². The molecule has 0 aromatic rings. The van der Waals surface area contributed by atoms with Gasteiger partial charge in [-0.15, -0.1) is 0 Å². The van der Waals surface area contributed by atoms with Crippen molar-refractivity contribution in [2.24, 2.45) is 0 Å². The Balaban J connectivity index is 2.02. The van der Waals surface area contributed by atoms with Crippen molar-refractivity contribution in [3.63, 3.8) is 0 Å². The summed E-state index contributed by atoms with van der Waals surface area (Å²) in [5.74, 6) is 0. The van der Waals surface area contributed by atoms with Crippen molar-refractivity contribution in [2.45, 2.75) is 18.6 Å². The predicted octanol–water partition coefficient (Wildman–Crippen LogP) is 0.704. The van der Waals surface area contributed by atoms with E-state index in [0.29, 0.717) is 13.4 Å². The zero-order chi connectivity index (χ0) is 7.52. The van der Waals surface area contributed by atoms with Crippen molar-refractivity contribution in [1.29, 1.82) is 0 Å². The second-order valence-corrected chi connectivity index (χ2v) is 2.75. The first-order chi connectivity index (χ1) is 5.47. The molecule has 0 bridgehead atoms. The predicted molar refractivity (Wildman–Crippen MR) is 39.2 cm³/mol. The van der Waals surface area contributed by atoms with E-state index in [0.717, 1.165) is 13.0 Å². The lowest BCUT2D eigenvalue weighted by atomic mass is 10.2. The molecule has 2 heterocycles. The maximum atomic E-state index is 5.49. The normalized spacial score (nSPS) is 37.8. The van der Waals surface area contributed by atoms with Gasteiger partial charge in [-0.25, -0.2) is 0 Å². The summed E-state index contributed by atoms with van der Waals surface area (Å²) in [5, 5.41) is 0. The second-order valence-electron chi connectivity index (χ2n) is 2.75. The molecule has 2 rings (SSSR count). The molecular weight excluding hydrogens is 144 g/mol. The molecule has 11 heavy (non-hydrogen) atoms. The van der Waals surface area contributed by atoms with E-state index >= 15 is 0 Å². The van der Waals surface area contributed by atoms with E-state index in [2.05, 4.69) is 12.2 Å². The minimum absolute atomic E-state index is 0.113. The van der Waals surface area contributed by atoms with Gasteiger partial charge in [-0.2, -0.15) is 0 Å². The van der Waals surface area contributed by atoms with Crippen LogP contribution in [0.2, 0.25) is 0 Å². The fourth-order valence-electron chi connectivity index (χ4n) is 1.33. The van der Waals surface area contributed by atoms with Crippen LogP contribution in [0.4, 0.5) is 0 Å². The summed E-state index contributed by atoms with van der Waals surface area (Å²) in [6, 6.07) is 0. The van der Waals surface area contributed by atoms with Crippen molar-refractivity contribution < 1.29 is 14.2 Å². The van der Waals surface area contributed by atoms with Gasteiger partial charge in [0, 0.05) is 0 Å². The van der Waals surface area contributed by atoms with Crippen molar-refractivity contribution in [3.05, 3.63) is 12.2 Å². The third-order valence-electron chi connectivity index (χ3n) is 1.93. The van der Waals surface area contributed by atoms with Gasteiger partial charge in [0.15, 0.2) is 0 Å². The molecule has 0 N–H and O–H groups in total. The van der Waals surface area contributed by atoms with Crippen LogP contribution in [-0.4, -0.2) is 32.2 Å². The maximum absolute atomic E-state index is 5.49. The Morgan fingerprint density at radius 1 is 1.27 bits per heavy atom. The standard InChI is InChI=1S/C8H12O3/c1-2-4-10-8-5-9-6-11-7(8)3-1/h1,3,7-8H,2,4-6H2/t7-,8+/m0/s1. The highest BCUT2D eigenvalue weighted by molar-refractivity contribution is 4.96. The van der Waals surface area contributed by atoms with Gasteiger partial charge in [0.05, 0.1) is 13.2 Å². The molecule has 0 aromatic heterocycles. The molecule has 1 saturated heterocycles. The second kappa shape index (κ2) is 3.34. The lowest BCUT2D eigenvalue weighted by Gasteiger charge is -2.28. The molecule has 62 valence electrons. The molecule has 2 aliphatic heterocycles. The Kier molecular flexibility index (Phi) is 2.21. The summed E-state index contributed by atoms with van der Waals surface area (Å²) < 4.78 is 15.9. The number of hydrogen-bond acceptors (Lipinski definition) is 3. The highest BCUT2D eigenvalue weighted by atomic mass is 16.7. The van der Waals surface area contributed by atoms with Gasteiger partial charge in [0.25, 0.3) is 0 Å². The maximum Gasteiger partial charge on any atom is 0.147 e. The van der Waals surface area contributed by atoms with Gasteiger partial charge < -0.3 is 14.2 Å². The third kappa shape index (κ3) is 1.61. The largest absolute Gasteiger partial charge is 0.372 e. The van der Waals surface area contributed by atoms with E-state index in [1.54, 1.807) is 0 Å². The number of rotatable bonds is 0. The molecule has 0 spiro atoms. The summed E-state index contributed by atoms with van der Waals surface area (Å²) in [7, 11) is 0. The Morgan fingerprint density at radius 2 is 2.27 bits per heavy atom. The molecule has 0 unspecified atom stereocenters. The summed E-state index contributed by atoms with van der Waals surface area (Å²) in [4.78, 5) is 0. The van der Waals surface area contributed by atoms with Gasteiger partial charge in [0.2, 0.25) is 0 Å². The van der Waals surface area contributed by atoms with Gasteiger partial charge in [0.1, 0.15) is 19.0 Å². The Hall–Kier alpha value is -0.380. The lowest BCUT2D eigenvalue weighted by molar-refractivity contribution is -0.190. The average Bonchev–Trinajstić information content (AvgIpc) is 2.28. The van der Waals surface area contributed by atoms with Crippen molar-refractivity contribution in [3.8, 4) is 0 Å². The van der Waals surface area contributed by atoms with Gasteiger partial charge in [-0.05, 0) is 6.42 Å². The third-order valence-corrected chi connectivity index (χ3v) is 1.93. The Labute approximate surface area is 65.9 Å². The molecule has 3 heteroatoms. The molecule has 0 saturated carbocycles. The first-order valence-electron chi connectivity index (χ1n) is 3.94. The van der Waals surface area contributed by atoms with Crippen LogP contribution < -0.4 is 0 Å². The molecule has 0 aliphatic carbocycles. The smallest absolute Gasteiger partial charge is 0.147 e. The van der Waals surface area contributed by atoms with Crippen LogP contribution in [0, 0.1) is 0 Å². The molecular formula is C8H12O3. The average molecular weight is 156 g/mol. The topological polar surface area (TPSA) is 27.7 Å². The summed E-state index contributed by atoms with van der Waals surface area (Å²) in [6.45, 7) is 1.84. The fourth-order valence-corrected chi connectivity index (χ4v) is 1.33. The molecule has 0 aromatic carbocycles. The van der Waals surface area contributed by atoms with E-state index in [1.807, 2.05) is 0 Å². The minimum Gasteiger partial charge on any atom is -0.372 e. The number of fused-ring (bicyclic) bond motifs is 1. The zero-order valence-electron chi connectivity index (χ0n) is 6.36. The first-order valence-corrected chi connectivity index (χ1v) is 3.94. The lowest BCUT2D eigenvalue weighted by Crippen LogP contribution is -2.39. The van der Waals surface area contributed by atoms with Crippen molar-refractivity contribution in [2.75, 3.05) is 20.0 Å². The first kappa shape index (κ1) is 7.28. The molecule has 2 aliphatic rings. The molecule has 1 fully saturated rings. The molecule has 3 nitrogen and oxygen atoms in total. The van der Waals surface area contributed by atoms with Crippen LogP contribution in [0.5, 0.6) is 0 Å². The Bertz CT molecular complexity index is 155. The number of ether oxygens (including phenoxy) is 3. The molecule has 0 amide bonds. The summed E-state index contributed by atoms with van der Waals surface area (Å²) in [6.07, 6.45) is 5.39. The van der Waals surface area contributed by atoms with E-state index in [4.69, 9.17) is 14.2 Å². The van der Waals surface area contributed by atoms with E-state index in [1.165, 1.54) is 0 Å². The summed E-state index contributed by atoms with van der Waals surface area (Å²) in [5.41, 5.74) is 0. The highest BCUT2D eigenvalue weighted by Crippen LogP contribution is 2.15. The minimum atomic E-state index is 0.113. The van der Waals surface area contributed by atoms with Crippen molar-refractivity contribution >= 4 is 0 Å². The number of hydrogen-bond donors (Lipinski definition) is 0. The zero-order valence-corrected chi connectivity index (χ0v) is 6.36. The fraction of sp³-hybridized carbons (Fsp3) is 0.750.